The maximum Gasteiger partial charge on any atom is 0.241 e. The third kappa shape index (κ3) is 3.08. The molecular weight excluding hydrogens is 409 g/mol. The first-order valence-corrected chi connectivity index (χ1v) is 10.6. The predicted molar refractivity (Wildman–Crippen MR) is 117 cm³/mol. The Kier molecular flexibility index (Phi) is 4.98. The molecule has 7 heteroatoms. The van der Waals surface area contributed by atoms with E-state index in [2.05, 4.69) is 10.6 Å². The topological polar surface area (TPSA) is 84.3 Å². The van der Waals surface area contributed by atoms with Gasteiger partial charge in [0.1, 0.15) is 17.4 Å². The smallest absolute Gasteiger partial charge is 0.241 e. The van der Waals surface area contributed by atoms with E-state index < -0.39 is 29.4 Å². The second-order valence-corrected chi connectivity index (χ2v) is 8.38. The largest absolute Gasteiger partial charge is 0.354 e. The van der Waals surface area contributed by atoms with E-state index in [1.54, 1.807) is 12.1 Å². The summed E-state index contributed by atoms with van der Waals surface area (Å²) in [6, 6.07) is 22.6. The molecule has 0 aliphatic carbocycles. The lowest BCUT2D eigenvalue weighted by molar-refractivity contribution is -0.527. The number of nitrogens with zero attached hydrogens (tertiary/aromatic N) is 1. The van der Waals surface area contributed by atoms with E-state index in [0.29, 0.717) is 12.1 Å². The van der Waals surface area contributed by atoms with E-state index in [-0.39, 0.29) is 16.7 Å². The Morgan fingerprint density at radius 2 is 1.47 bits per heavy atom. The quantitative estimate of drug-likeness (QED) is 0.489. The molecule has 0 bridgehead atoms. The van der Waals surface area contributed by atoms with Crippen LogP contribution in [0.15, 0.2) is 84.9 Å². The Morgan fingerprint density at radius 3 is 2.06 bits per heavy atom. The van der Waals surface area contributed by atoms with Crippen molar-refractivity contribution in [1.29, 1.82) is 0 Å². The van der Waals surface area contributed by atoms with Gasteiger partial charge in [-0.1, -0.05) is 72.8 Å². The van der Waals surface area contributed by atoms with Gasteiger partial charge in [0.25, 0.3) is 0 Å². The van der Waals surface area contributed by atoms with Gasteiger partial charge in [0.15, 0.2) is 0 Å². The van der Waals surface area contributed by atoms with Gasteiger partial charge < -0.3 is 5.32 Å². The second-order valence-electron chi connectivity index (χ2n) is 8.38. The lowest BCUT2D eigenvalue weighted by Gasteiger charge is -2.34. The molecule has 0 aromatic heterocycles. The molecule has 3 aromatic carbocycles. The average Bonchev–Trinajstić information content (AvgIpc) is 3.34. The van der Waals surface area contributed by atoms with E-state index in [0.717, 1.165) is 11.1 Å². The van der Waals surface area contributed by atoms with Crippen molar-refractivity contribution in [2.75, 3.05) is 6.54 Å². The predicted octanol–water partition coefficient (Wildman–Crippen LogP) is 3.55. The van der Waals surface area contributed by atoms with Gasteiger partial charge >= 0.3 is 0 Å². The molecule has 1 spiro atoms. The Morgan fingerprint density at radius 1 is 0.875 bits per heavy atom. The average molecular weight is 431 g/mol. The summed E-state index contributed by atoms with van der Waals surface area (Å²) in [4.78, 5) is 25.7. The zero-order chi connectivity index (χ0) is 22.3. The molecule has 6 nitrogen and oxygen atoms in total. The number of amides is 1. The van der Waals surface area contributed by atoms with Crippen molar-refractivity contribution in [2.24, 2.45) is 0 Å². The molecule has 2 N–H and O–H groups in total. The monoisotopic (exact) mass is 431 g/mol. The molecule has 0 saturated carbocycles. The van der Waals surface area contributed by atoms with E-state index in [1.165, 1.54) is 12.1 Å². The number of carbonyl (C=O) groups is 1. The molecule has 5 rings (SSSR count). The van der Waals surface area contributed by atoms with E-state index in [9.17, 15) is 19.3 Å². The van der Waals surface area contributed by atoms with Crippen LogP contribution in [0.5, 0.6) is 0 Å². The molecule has 162 valence electrons. The molecule has 3 aromatic rings. The molecule has 2 heterocycles. The molecule has 0 unspecified atom stereocenters. The minimum Gasteiger partial charge on any atom is -0.354 e. The van der Waals surface area contributed by atoms with E-state index in [4.69, 9.17) is 0 Å². The highest BCUT2D eigenvalue weighted by Gasteiger charge is 2.68. The Balaban J connectivity index is 1.73. The van der Waals surface area contributed by atoms with Gasteiger partial charge in [-0.25, -0.2) is 4.39 Å². The number of carbonyl (C=O) groups excluding carboxylic acids is 1. The normalized spacial score (nSPS) is 29.2. The van der Waals surface area contributed by atoms with Crippen LogP contribution in [-0.4, -0.2) is 29.0 Å². The summed E-state index contributed by atoms with van der Waals surface area (Å²) in [7, 11) is 0. The Hall–Kier alpha value is -3.58. The van der Waals surface area contributed by atoms with Gasteiger partial charge in [0.05, 0.1) is 5.92 Å². The first-order valence-electron chi connectivity index (χ1n) is 10.6. The number of nitrogens with one attached hydrogen (secondary N) is 2. The van der Waals surface area contributed by atoms with E-state index >= 15 is 0 Å². The summed E-state index contributed by atoms with van der Waals surface area (Å²) in [5, 5.41) is 18.8. The molecule has 5 atom stereocenters. The molecule has 1 amide bonds. The molecule has 2 saturated heterocycles. The summed E-state index contributed by atoms with van der Waals surface area (Å²) in [6.45, 7) is 0.375. The Labute approximate surface area is 184 Å². The lowest BCUT2D eigenvalue weighted by atomic mass is 9.69. The van der Waals surface area contributed by atoms with Crippen LogP contribution in [0.2, 0.25) is 0 Å². The van der Waals surface area contributed by atoms with Crippen LogP contribution in [0.25, 0.3) is 0 Å². The fourth-order valence-electron chi connectivity index (χ4n) is 5.46. The highest BCUT2D eigenvalue weighted by molar-refractivity contribution is 5.92. The van der Waals surface area contributed by atoms with Crippen molar-refractivity contribution in [3.05, 3.63) is 118 Å². The third-order valence-corrected chi connectivity index (χ3v) is 6.79. The number of benzene rings is 3. The molecule has 2 fully saturated rings. The summed E-state index contributed by atoms with van der Waals surface area (Å²) in [5.41, 5.74) is 1.02. The van der Waals surface area contributed by atoms with Gasteiger partial charge in [-0.05, 0) is 28.8 Å². The molecule has 32 heavy (non-hydrogen) atoms. The highest BCUT2D eigenvalue weighted by atomic mass is 19.1. The SMILES string of the molecule is O=C1NC[C@@H](c2ccccc2)[C@@]12N[C@@H](c1ccc(F)cc1)[C@@H]([N+](=O)[O-])[C@@H]2c1ccccc1. The summed E-state index contributed by atoms with van der Waals surface area (Å²) >= 11 is 0. The highest BCUT2D eigenvalue weighted by Crippen LogP contribution is 2.53. The third-order valence-electron chi connectivity index (χ3n) is 6.79. The number of halogens is 1. The Bertz CT molecular complexity index is 1140. The van der Waals surface area contributed by atoms with Crippen LogP contribution in [-0.2, 0) is 4.79 Å². The molecule has 2 aliphatic rings. The standard InChI is InChI=1S/C25H22FN3O3/c26-19-13-11-18(12-14-19)22-23(29(31)32)21(17-9-5-2-6-10-17)25(28-22)20(15-27-24(25)30)16-7-3-1-4-8-16/h1-14,20-23,28H,15H2,(H,27,30)/t20-,21-,22-,23-,25-/m0/s1. The van der Waals surface area contributed by atoms with Gasteiger partial charge in [-0.2, -0.15) is 0 Å². The maximum atomic E-state index is 13.6. The van der Waals surface area contributed by atoms with Crippen molar-refractivity contribution in [3.63, 3.8) is 0 Å². The van der Waals surface area contributed by atoms with Gasteiger partial charge in [0, 0.05) is 17.4 Å². The van der Waals surface area contributed by atoms with Gasteiger partial charge in [-0.15, -0.1) is 0 Å². The molecule has 0 radical (unpaired) electrons. The summed E-state index contributed by atoms with van der Waals surface area (Å²) < 4.78 is 13.6. The van der Waals surface area contributed by atoms with Crippen molar-refractivity contribution in [3.8, 4) is 0 Å². The second kappa shape index (κ2) is 7.84. The number of hydrogen-bond donors (Lipinski definition) is 2. The van der Waals surface area contributed by atoms with E-state index in [1.807, 2.05) is 60.7 Å². The molecular formula is C25H22FN3O3. The van der Waals surface area contributed by atoms with Crippen LogP contribution in [0.1, 0.15) is 34.6 Å². The number of rotatable bonds is 4. The van der Waals surface area contributed by atoms with Crippen LogP contribution in [0.4, 0.5) is 4.39 Å². The summed E-state index contributed by atoms with van der Waals surface area (Å²) in [5.74, 6) is -1.70. The fraction of sp³-hybridized carbons (Fsp3) is 0.240. The van der Waals surface area contributed by atoms with Crippen LogP contribution >= 0.6 is 0 Å². The first-order chi connectivity index (χ1) is 15.5. The van der Waals surface area contributed by atoms with Crippen molar-refractivity contribution in [1.82, 2.24) is 10.6 Å². The van der Waals surface area contributed by atoms with Crippen molar-refractivity contribution in [2.45, 2.75) is 29.5 Å². The summed E-state index contributed by atoms with van der Waals surface area (Å²) in [6.07, 6.45) is 0. The van der Waals surface area contributed by atoms with Gasteiger partial charge in [0.2, 0.25) is 11.9 Å². The van der Waals surface area contributed by atoms with Crippen LogP contribution in [0.3, 0.4) is 0 Å². The van der Waals surface area contributed by atoms with Crippen LogP contribution in [0, 0.1) is 15.9 Å². The van der Waals surface area contributed by atoms with Crippen molar-refractivity contribution >= 4 is 5.91 Å². The minimum atomic E-state index is -1.22. The number of nitro groups is 1. The zero-order valence-corrected chi connectivity index (χ0v) is 17.1. The maximum absolute atomic E-state index is 13.6. The number of hydrogen-bond acceptors (Lipinski definition) is 4. The minimum absolute atomic E-state index is 0.253. The van der Waals surface area contributed by atoms with Crippen molar-refractivity contribution < 1.29 is 14.1 Å². The zero-order valence-electron chi connectivity index (χ0n) is 17.1. The lowest BCUT2D eigenvalue weighted by Crippen LogP contribution is -2.54. The first kappa shape index (κ1) is 20.3. The van der Waals surface area contributed by atoms with Gasteiger partial charge in [-0.3, -0.25) is 20.2 Å². The van der Waals surface area contributed by atoms with Crippen LogP contribution < -0.4 is 10.6 Å². The fourth-order valence-corrected chi connectivity index (χ4v) is 5.46. The molecule has 2 aliphatic heterocycles.